The highest BCUT2D eigenvalue weighted by Gasteiger charge is 2.43. The van der Waals surface area contributed by atoms with Crippen LogP contribution in [0.5, 0.6) is 0 Å². The van der Waals surface area contributed by atoms with E-state index in [2.05, 4.69) is 5.32 Å². The van der Waals surface area contributed by atoms with Crippen molar-refractivity contribution in [3.05, 3.63) is 35.6 Å². The number of aliphatic hydroxyl groups is 1. The first-order valence-electron chi connectivity index (χ1n) is 7.78. The van der Waals surface area contributed by atoms with Gasteiger partial charge in [-0.15, -0.1) is 0 Å². The highest BCUT2D eigenvalue weighted by atomic mass is 19.1. The maximum Gasteiger partial charge on any atom is 0.223 e. The monoisotopic (exact) mass is 291 g/mol. The van der Waals surface area contributed by atoms with Crippen LogP contribution in [0.3, 0.4) is 0 Å². The molecule has 2 bridgehead atoms. The number of hydrogen-bond donors (Lipinski definition) is 2. The Morgan fingerprint density at radius 3 is 2.57 bits per heavy atom. The standard InChI is InChI=1S/C17H22FNO2/c1-10(16(20)12-4-6-14(18)7-5-12)19-17(21)15-9-11-2-3-13(15)8-11/h4-7,10-11,13,15-16,20H,2-3,8-9H2,1H3,(H,19,21). The third-order valence-corrected chi connectivity index (χ3v) is 5.13. The highest BCUT2D eigenvalue weighted by molar-refractivity contribution is 5.79. The van der Waals surface area contributed by atoms with Gasteiger partial charge in [0.15, 0.2) is 0 Å². The van der Waals surface area contributed by atoms with Crippen LogP contribution in [-0.4, -0.2) is 17.1 Å². The molecule has 2 aliphatic carbocycles. The minimum atomic E-state index is -0.812. The normalized spacial score (nSPS) is 30.1. The van der Waals surface area contributed by atoms with E-state index in [-0.39, 0.29) is 23.7 Å². The van der Waals surface area contributed by atoms with Gasteiger partial charge in [0.2, 0.25) is 5.91 Å². The summed E-state index contributed by atoms with van der Waals surface area (Å²) in [5, 5.41) is 13.2. The predicted molar refractivity (Wildman–Crippen MR) is 77.9 cm³/mol. The zero-order valence-corrected chi connectivity index (χ0v) is 12.3. The minimum absolute atomic E-state index is 0.0656. The van der Waals surface area contributed by atoms with Crippen LogP contribution >= 0.6 is 0 Å². The molecule has 0 spiro atoms. The van der Waals surface area contributed by atoms with Gasteiger partial charge >= 0.3 is 0 Å². The fraction of sp³-hybridized carbons (Fsp3) is 0.588. The lowest BCUT2D eigenvalue weighted by Gasteiger charge is -2.26. The molecule has 1 aromatic carbocycles. The van der Waals surface area contributed by atoms with Gasteiger partial charge in [-0.3, -0.25) is 4.79 Å². The smallest absolute Gasteiger partial charge is 0.223 e. The predicted octanol–water partition coefficient (Wildman–Crippen LogP) is 2.80. The molecular formula is C17H22FNO2. The summed E-state index contributed by atoms with van der Waals surface area (Å²) in [6.45, 7) is 1.79. The lowest BCUT2D eigenvalue weighted by Crippen LogP contribution is -2.42. The Morgan fingerprint density at radius 2 is 2.00 bits per heavy atom. The minimum Gasteiger partial charge on any atom is -0.386 e. The molecule has 21 heavy (non-hydrogen) atoms. The molecule has 0 saturated heterocycles. The molecule has 5 unspecified atom stereocenters. The van der Waals surface area contributed by atoms with E-state index in [0.717, 1.165) is 18.8 Å². The van der Waals surface area contributed by atoms with E-state index in [1.165, 1.54) is 25.0 Å². The van der Waals surface area contributed by atoms with Gasteiger partial charge in [-0.1, -0.05) is 18.6 Å². The van der Waals surface area contributed by atoms with E-state index < -0.39 is 6.10 Å². The number of hydrogen-bond acceptors (Lipinski definition) is 2. The molecule has 0 aromatic heterocycles. The van der Waals surface area contributed by atoms with Crippen molar-refractivity contribution in [2.45, 2.75) is 44.8 Å². The zero-order valence-electron chi connectivity index (χ0n) is 12.3. The first kappa shape index (κ1) is 14.5. The quantitative estimate of drug-likeness (QED) is 0.896. The summed E-state index contributed by atoms with van der Waals surface area (Å²) in [6, 6.07) is 5.38. The zero-order chi connectivity index (χ0) is 15.0. The second-order valence-electron chi connectivity index (χ2n) is 6.58. The molecular weight excluding hydrogens is 269 g/mol. The van der Waals surface area contributed by atoms with Gasteiger partial charge < -0.3 is 10.4 Å². The van der Waals surface area contributed by atoms with E-state index in [0.29, 0.717) is 11.5 Å². The van der Waals surface area contributed by atoms with Crippen LogP contribution in [-0.2, 0) is 4.79 Å². The van der Waals surface area contributed by atoms with Crippen LogP contribution in [0.4, 0.5) is 4.39 Å². The Hall–Kier alpha value is -1.42. The van der Waals surface area contributed by atoms with Crippen molar-refractivity contribution < 1.29 is 14.3 Å². The van der Waals surface area contributed by atoms with Gasteiger partial charge in [-0.05, 0) is 55.7 Å². The molecule has 0 radical (unpaired) electrons. The van der Waals surface area contributed by atoms with Gasteiger partial charge in [0.05, 0.1) is 12.1 Å². The van der Waals surface area contributed by atoms with Gasteiger partial charge in [-0.2, -0.15) is 0 Å². The summed E-state index contributed by atoms with van der Waals surface area (Å²) in [6.07, 6.45) is 3.80. The molecule has 2 N–H and O–H groups in total. The number of amides is 1. The molecule has 2 aliphatic rings. The molecule has 5 atom stereocenters. The summed E-state index contributed by atoms with van der Waals surface area (Å²) < 4.78 is 12.9. The molecule has 1 amide bonds. The van der Waals surface area contributed by atoms with E-state index in [9.17, 15) is 14.3 Å². The second-order valence-corrected chi connectivity index (χ2v) is 6.58. The van der Waals surface area contributed by atoms with E-state index in [1.54, 1.807) is 19.1 Å². The number of benzene rings is 1. The highest BCUT2D eigenvalue weighted by Crippen LogP contribution is 2.48. The summed E-state index contributed by atoms with van der Waals surface area (Å²) in [7, 11) is 0. The fourth-order valence-corrected chi connectivity index (χ4v) is 3.92. The van der Waals surface area contributed by atoms with Crippen molar-refractivity contribution in [1.82, 2.24) is 5.32 Å². The third-order valence-electron chi connectivity index (χ3n) is 5.13. The van der Waals surface area contributed by atoms with Crippen molar-refractivity contribution in [2.75, 3.05) is 0 Å². The first-order chi connectivity index (χ1) is 10.0. The summed E-state index contributed by atoms with van der Waals surface area (Å²) in [4.78, 5) is 12.4. The summed E-state index contributed by atoms with van der Waals surface area (Å²) >= 11 is 0. The average molecular weight is 291 g/mol. The van der Waals surface area contributed by atoms with Crippen molar-refractivity contribution in [2.24, 2.45) is 17.8 Å². The maximum atomic E-state index is 12.9. The fourth-order valence-electron chi connectivity index (χ4n) is 3.92. The molecule has 0 heterocycles. The molecule has 3 rings (SSSR count). The summed E-state index contributed by atoms with van der Waals surface area (Å²) in [5.74, 6) is 1.11. The van der Waals surface area contributed by atoms with Crippen molar-refractivity contribution in [3.63, 3.8) is 0 Å². The third kappa shape index (κ3) is 2.95. The SMILES string of the molecule is CC(NC(=O)C1CC2CCC1C2)C(O)c1ccc(F)cc1. The van der Waals surface area contributed by atoms with E-state index in [1.807, 2.05) is 0 Å². The van der Waals surface area contributed by atoms with Gasteiger partial charge in [-0.25, -0.2) is 4.39 Å². The average Bonchev–Trinajstić information content (AvgIpc) is 3.10. The van der Waals surface area contributed by atoms with Crippen LogP contribution in [0.15, 0.2) is 24.3 Å². The largest absolute Gasteiger partial charge is 0.386 e. The second kappa shape index (κ2) is 5.76. The molecule has 3 nitrogen and oxygen atoms in total. The molecule has 2 fully saturated rings. The molecule has 1 aromatic rings. The Bertz CT molecular complexity index is 516. The number of halogens is 1. The van der Waals surface area contributed by atoms with Crippen LogP contribution in [0.2, 0.25) is 0 Å². The van der Waals surface area contributed by atoms with Crippen LogP contribution in [0.25, 0.3) is 0 Å². The van der Waals surface area contributed by atoms with Gasteiger partial charge in [0, 0.05) is 5.92 Å². The number of carbonyl (C=O) groups excluding carboxylic acids is 1. The number of rotatable bonds is 4. The van der Waals surface area contributed by atoms with Crippen molar-refractivity contribution in [3.8, 4) is 0 Å². The number of aliphatic hydroxyl groups excluding tert-OH is 1. The Kier molecular flexibility index (Phi) is 3.98. The van der Waals surface area contributed by atoms with Crippen molar-refractivity contribution >= 4 is 5.91 Å². The Labute approximate surface area is 124 Å². The molecule has 0 aliphatic heterocycles. The van der Waals surface area contributed by atoms with E-state index >= 15 is 0 Å². The number of fused-ring (bicyclic) bond motifs is 2. The van der Waals surface area contributed by atoms with Gasteiger partial charge in [0.1, 0.15) is 5.82 Å². The molecule has 2 saturated carbocycles. The lowest BCUT2D eigenvalue weighted by atomic mass is 9.88. The van der Waals surface area contributed by atoms with Gasteiger partial charge in [0.25, 0.3) is 0 Å². The molecule has 4 heteroatoms. The van der Waals surface area contributed by atoms with Crippen LogP contribution in [0.1, 0.15) is 44.3 Å². The Balaban J connectivity index is 1.59. The Morgan fingerprint density at radius 1 is 1.29 bits per heavy atom. The lowest BCUT2D eigenvalue weighted by molar-refractivity contribution is -0.128. The maximum absolute atomic E-state index is 12.9. The number of carbonyl (C=O) groups is 1. The topological polar surface area (TPSA) is 49.3 Å². The van der Waals surface area contributed by atoms with Crippen LogP contribution in [0, 0.1) is 23.6 Å². The summed E-state index contributed by atoms with van der Waals surface area (Å²) in [5.41, 5.74) is 0.622. The first-order valence-corrected chi connectivity index (χ1v) is 7.78. The van der Waals surface area contributed by atoms with Crippen LogP contribution < -0.4 is 5.32 Å². The van der Waals surface area contributed by atoms with Crippen molar-refractivity contribution in [1.29, 1.82) is 0 Å². The number of nitrogens with one attached hydrogen (secondary N) is 1. The van der Waals surface area contributed by atoms with E-state index in [4.69, 9.17) is 0 Å². The molecule has 114 valence electrons.